The molecular weight excluding hydrogens is 290 g/mol. The third-order valence-corrected chi connectivity index (χ3v) is 4.49. The van der Waals surface area contributed by atoms with E-state index in [0.29, 0.717) is 18.8 Å². The van der Waals surface area contributed by atoms with Crippen LogP contribution in [0.1, 0.15) is 19.6 Å². The second-order valence-electron chi connectivity index (χ2n) is 4.71. The maximum Gasteiger partial charge on any atom is 0.240 e. The molecular formula is C15H19NO4S. The van der Waals surface area contributed by atoms with Gasteiger partial charge < -0.3 is 9.15 Å². The summed E-state index contributed by atoms with van der Waals surface area (Å²) in [7, 11) is -3.54. The first-order chi connectivity index (χ1) is 10.0. The van der Waals surface area contributed by atoms with Gasteiger partial charge in [0.05, 0.1) is 17.8 Å². The Labute approximate surface area is 125 Å². The van der Waals surface area contributed by atoms with Crippen molar-refractivity contribution >= 4 is 10.0 Å². The van der Waals surface area contributed by atoms with Gasteiger partial charge >= 0.3 is 0 Å². The molecule has 5 nitrogen and oxygen atoms in total. The molecule has 114 valence electrons. The molecule has 1 atom stereocenters. The Morgan fingerprint density at radius 1 is 1.24 bits per heavy atom. The minimum absolute atomic E-state index is 0.220. The third-order valence-electron chi connectivity index (χ3n) is 2.89. The van der Waals surface area contributed by atoms with Gasteiger partial charge in [-0.05, 0) is 50.2 Å². The average Bonchev–Trinajstić information content (AvgIpc) is 2.92. The number of benzene rings is 1. The highest BCUT2D eigenvalue weighted by Gasteiger charge is 2.18. The zero-order chi connectivity index (χ0) is 15.3. The van der Waals surface area contributed by atoms with E-state index in [2.05, 4.69) is 4.72 Å². The van der Waals surface area contributed by atoms with Gasteiger partial charge in [-0.3, -0.25) is 0 Å². The Bertz CT molecular complexity index is 647. The molecule has 0 aliphatic carbocycles. The third kappa shape index (κ3) is 4.34. The van der Waals surface area contributed by atoms with Gasteiger partial charge in [0.1, 0.15) is 11.5 Å². The lowest BCUT2D eigenvalue weighted by Crippen LogP contribution is -2.34. The summed E-state index contributed by atoms with van der Waals surface area (Å²) >= 11 is 0. The summed E-state index contributed by atoms with van der Waals surface area (Å²) in [6.45, 7) is 4.22. The molecule has 0 unspecified atom stereocenters. The van der Waals surface area contributed by atoms with E-state index in [9.17, 15) is 8.42 Å². The van der Waals surface area contributed by atoms with Gasteiger partial charge in [0.25, 0.3) is 0 Å². The van der Waals surface area contributed by atoms with Crippen LogP contribution in [0.2, 0.25) is 0 Å². The van der Waals surface area contributed by atoms with Crippen molar-refractivity contribution in [2.24, 2.45) is 0 Å². The summed E-state index contributed by atoms with van der Waals surface area (Å²) < 4.78 is 37.7. The van der Waals surface area contributed by atoms with E-state index in [1.165, 1.54) is 12.1 Å². The Kier molecular flexibility index (Phi) is 5.03. The summed E-state index contributed by atoms with van der Waals surface area (Å²) in [6.07, 6.45) is 2.08. The Morgan fingerprint density at radius 3 is 2.52 bits per heavy atom. The molecule has 21 heavy (non-hydrogen) atoms. The fraction of sp³-hybridized carbons (Fsp3) is 0.333. The standard InChI is InChI=1S/C15H19NO4S/c1-3-19-13-6-8-15(9-7-13)21(17,18)16-12(2)11-14-5-4-10-20-14/h4-10,12,16H,3,11H2,1-2H3/t12-/m1/s1. The SMILES string of the molecule is CCOc1ccc(S(=O)(=O)N[C@H](C)Cc2ccco2)cc1. The molecule has 0 aliphatic rings. The van der Waals surface area contributed by atoms with Crippen molar-refractivity contribution in [2.45, 2.75) is 31.2 Å². The molecule has 1 aromatic carbocycles. The van der Waals surface area contributed by atoms with E-state index >= 15 is 0 Å². The van der Waals surface area contributed by atoms with Crippen molar-refractivity contribution in [2.75, 3.05) is 6.61 Å². The van der Waals surface area contributed by atoms with Crippen molar-refractivity contribution in [3.8, 4) is 5.75 Å². The number of hydrogen-bond donors (Lipinski definition) is 1. The summed E-state index contributed by atoms with van der Waals surface area (Å²) in [5.41, 5.74) is 0. The molecule has 0 saturated heterocycles. The molecule has 2 rings (SSSR count). The fourth-order valence-electron chi connectivity index (χ4n) is 1.99. The maximum absolute atomic E-state index is 12.3. The number of nitrogens with one attached hydrogen (secondary N) is 1. The van der Waals surface area contributed by atoms with Gasteiger partial charge in [0.2, 0.25) is 10.0 Å². The zero-order valence-corrected chi connectivity index (χ0v) is 12.9. The average molecular weight is 309 g/mol. The number of furan rings is 1. The van der Waals surface area contributed by atoms with Crippen LogP contribution in [0.4, 0.5) is 0 Å². The van der Waals surface area contributed by atoms with E-state index in [4.69, 9.17) is 9.15 Å². The minimum Gasteiger partial charge on any atom is -0.494 e. The summed E-state index contributed by atoms with van der Waals surface area (Å²) in [6, 6.07) is 9.71. The van der Waals surface area contributed by atoms with E-state index < -0.39 is 10.0 Å². The van der Waals surface area contributed by atoms with Gasteiger partial charge in [-0.15, -0.1) is 0 Å². The molecule has 0 aliphatic heterocycles. The van der Waals surface area contributed by atoms with Crippen molar-refractivity contribution < 1.29 is 17.6 Å². The van der Waals surface area contributed by atoms with Crippen LogP contribution >= 0.6 is 0 Å². The first-order valence-electron chi connectivity index (χ1n) is 6.79. The lowest BCUT2D eigenvalue weighted by atomic mass is 10.2. The number of hydrogen-bond acceptors (Lipinski definition) is 4. The van der Waals surface area contributed by atoms with Gasteiger partial charge in [-0.25, -0.2) is 13.1 Å². The van der Waals surface area contributed by atoms with Crippen LogP contribution in [0.25, 0.3) is 0 Å². The topological polar surface area (TPSA) is 68.5 Å². The molecule has 6 heteroatoms. The highest BCUT2D eigenvalue weighted by atomic mass is 32.2. The lowest BCUT2D eigenvalue weighted by Gasteiger charge is -2.13. The maximum atomic E-state index is 12.3. The lowest BCUT2D eigenvalue weighted by molar-refractivity contribution is 0.340. The molecule has 0 amide bonds. The highest BCUT2D eigenvalue weighted by molar-refractivity contribution is 7.89. The molecule has 1 N–H and O–H groups in total. The second kappa shape index (κ2) is 6.78. The van der Waals surface area contributed by atoms with E-state index in [1.54, 1.807) is 31.4 Å². The van der Waals surface area contributed by atoms with Crippen LogP contribution in [0.5, 0.6) is 5.75 Å². The normalized spacial score (nSPS) is 13.0. The van der Waals surface area contributed by atoms with Crippen LogP contribution in [0.3, 0.4) is 0 Å². The first-order valence-corrected chi connectivity index (χ1v) is 8.27. The molecule has 0 spiro atoms. The van der Waals surface area contributed by atoms with Crippen molar-refractivity contribution in [3.63, 3.8) is 0 Å². The van der Waals surface area contributed by atoms with Crippen LogP contribution in [0, 0.1) is 0 Å². The van der Waals surface area contributed by atoms with Gasteiger partial charge in [0, 0.05) is 12.5 Å². The van der Waals surface area contributed by atoms with Crippen LogP contribution in [-0.4, -0.2) is 21.1 Å². The number of ether oxygens (including phenoxy) is 1. The summed E-state index contributed by atoms with van der Waals surface area (Å²) in [5.74, 6) is 1.40. The molecule has 2 aromatic rings. The summed E-state index contributed by atoms with van der Waals surface area (Å²) in [4.78, 5) is 0.220. The van der Waals surface area contributed by atoms with E-state index in [-0.39, 0.29) is 10.9 Å². The predicted molar refractivity (Wildman–Crippen MR) is 79.8 cm³/mol. The number of rotatable bonds is 7. The van der Waals surface area contributed by atoms with Crippen LogP contribution in [-0.2, 0) is 16.4 Å². The molecule has 0 saturated carbocycles. The van der Waals surface area contributed by atoms with Gasteiger partial charge in [0.15, 0.2) is 0 Å². The molecule has 0 radical (unpaired) electrons. The Balaban J connectivity index is 2.03. The molecule has 0 bridgehead atoms. The predicted octanol–water partition coefficient (Wildman–Crippen LogP) is 2.59. The minimum atomic E-state index is -3.54. The largest absolute Gasteiger partial charge is 0.494 e. The molecule has 1 heterocycles. The number of sulfonamides is 1. The second-order valence-corrected chi connectivity index (χ2v) is 6.42. The molecule has 1 aromatic heterocycles. The quantitative estimate of drug-likeness (QED) is 0.853. The van der Waals surface area contributed by atoms with Crippen molar-refractivity contribution in [1.29, 1.82) is 0 Å². The highest BCUT2D eigenvalue weighted by Crippen LogP contribution is 2.16. The summed E-state index contributed by atoms with van der Waals surface area (Å²) in [5, 5.41) is 0. The van der Waals surface area contributed by atoms with E-state index in [0.717, 1.165) is 5.76 Å². The van der Waals surface area contributed by atoms with Crippen molar-refractivity contribution in [3.05, 3.63) is 48.4 Å². The van der Waals surface area contributed by atoms with Crippen LogP contribution in [0.15, 0.2) is 52.0 Å². The Morgan fingerprint density at radius 2 is 1.95 bits per heavy atom. The monoisotopic (exact) mass is 309 g/mol. The van der Waals surface area contributed by atoms with Gasteiger partial charge in [-0.1, -0.05) is 0 Å². The zero-order valence-electron chi connectivity index (χ0n) is 12.1. The first kappa shape index (κ1) is 15.6. The van der Waals surface area contributed by atoms with Crippen molar-refractivity contribution in [1.82, 2.24) is 4.72 Å². The fourth-order valence-corrected chi connectivity index (χ4v) is 3.23. The smallest absolute Gasteiger partial charge is 0.240 e. The molecule has 0 fully saturated rings. The Hall–Kier alpha value is -1.79. The van der Waals surface area contributed by atoms with Gasteiger partial charge in [-0.2, -0.15) is 0 Å². The van der Waals surface area contributed by atoms with Crippen LogP contribution < -0.4 is 9.46 Å². The van der Waals surface area contributed by atoms with E-state index in [1.807, 2.05) is 13.0 Å².